The van der Waals surface area contributed by atoms with Gasteiger partial charge >= 0.3 is 5.97 Å². The van der Waals surface area contributed by atoms with Crippen molar-refractivity contribution in [2.24, 2.45) is 5.92 Å². The number of carbonyl (C=O) groups excluding carboxylic acids is 1. The van der Waals surface area contributed by atoms with Crippen molar-refractivity contribution in [2.75, 3.05) is 33.2 Å². The molecule has 4 rings (SSSR count). The van der Waals surface area contributed by atoms with Gasteiger partial charge in [-0.2, -0.15) is 0 Å². The number of carbonyl (C=O) groups is 1. The highest BCUT2D eigenvalue weighted by molar-refractivity contribution is 7.89. The smallest absolute Gasteiger partial charge is 0.309 e. The maximum absolute atomic E-state index is 13.3. The van der Waals surface area contributed by atoms with Crippen LogP contribution in [0.15, 0.2) is 95.9 Å². The standard InChI is InChI=1S/C34H45N3O4S/c1-3-4-22-35-33-25-30(34(38)41-27-28-14-8-5-9-15-28)20-23-37(33)24-21-31(29-16-10-6-11-17-29)26-36(2)42(39,40)32-18-12-7-13-19-32/h5-19,30-31,33,35H,3-4,20-27H2,1-2H3/t30?,31-,33-/m0/s1. The predicted molar refractivity (Wildman–Crippen MR) is 167 cm³/mol. The number of piperidine rings is 1. The van der Waals surface area contributed by atoms with Gasteiger partial charge in [-0.05, 0) is 61.4 Å². The van der Waals surface area contributed by atoms with Crippen LogP contribution in [0.1, 0.15) is 56.1 Å². The fraction of sp³-hybridized carbons (Fsp3) is 0.441. The van der Waals surface area contributed by atoms with Crippen molar-refractivity contribution in [3.8, 4) is 0 Å². The van der Waals surface area contributed by atoms with E-state index in [1.54, 1.807) is 31.3 Å². The lowest BCUT2D eigenvalue weighted by molar-refractivity contribution is -0.152. The second kappa shape index (κ2) is 16.0. The molecular formula is C34H45N3O4S. The first-order chi connectivity index (χ1) is 20.4. The molecule has 1 aliphatic heterocycles. The van der Waals surface area contributed by atoms with Gasteiger partial charge in [-0.3, -0.25) is 9.69 Å². The zero-order valence-corrected chi connectivity index (χ0v) is 25.7. The molecule has 1 unspecified atom stereocenters. The van der Waals surface area contributed by atoms with Crippen LogP contribution in [0.5, 0.6) is 0 Å². The summed E-state index contributed by atoms with van der Waals surface area (Å²) in [7, 11) is -1.93. The fourth-order valence-corrected chi connectivity index (χ4v) is 6.83. The van der Waals surface area contributed by atoms with E-state index < -0.39 is 10.0 Å². The number of sulfonamides is 1. The molecule has 0 amide bonds. The molecule has 7 nitrogen and oxygen atoms in total. The number of rotatable bonds is 15. The van der Waals surface area contributed by atoms with Crippen LogP contribution in [0, 0.1) is 5.92 Å². The number of unbranched alkanes of at least 4 members (excludes halogenated alkanes) is 1. The average Bonchev–Trinajstić information content (AvgIpc) is 3.03. The van der Waals surface area contributed by atoms with Crippen LogP contribution in [-0.4, -0.2) is 63.0 Å². The number of likely N-dealkylation sites (tertiary alicyclic amines) is 1. The number of nitrogens with one attached hydrogen (secondary N) is 1. The number of esters is 1. The molecule has 0 aliphatic carbocycles. The van der Waals surface area contributed by atoms with Crippen molar-refractivity contribution in [2.45, 2.75) is 62.6 Å². The minimum absolute atomic E-state index is 0.0274. The predicted octanol–water partition coefficient (Wildman–Crippen LogP) is 5.65. The SMILES string of the molecule is CCCCN[C@@H]1CC(C(=O)OCc2ccccc2)CCN1CC[C@@H](CN(C)S(=O)(=O)c1ccccc1)c1ccccc1. The van der Waals surface area contributed by atoms with Gasteiger partial charge in [0.2, 0.25) is 10.0 Å². The lowest BCUT2D eigenvalue weighted by Gasteiger charge is -2.40. The second-order valence-corrected chi connectivity index (χ2v) is 13.2. The summed E-state index contributed by atoms with van der Waals surface area (Å²) in [6, 6.07) is 28.6. The topological polar surface area (TPSA) is 79.0 Å². The van der Waals surface area contributed by atoms with Crippen molar-refractivity contribution in [3.63, 3.8) is 0 Å². The fourth-order valence-electron chi connectivity index (χ4n) is 5.59. The van der Waals surface area contributed by atoms with Gasteiger partial charge in [0, 0.05) is 26.7 Å². The van der Waals surface area contributed by atoms with E-state index >= 15 is 0 Å². The number of ether oxygens (including phenoxy) is 1. The van der Waals surface area contributed by atoms with Crippen LogP contribution in [0.2, 0.25) is 0 Å². The molecule has 0 saturated carbocycles. The van der Waals surface area contributed by atoms with Crippen molar-refractivity contribution < 1.29 is 17.9 Å². The first-order valence-corrected chi connectivity index (χ1v) is 16.6. The van der Waals surface area contributed by atoms with E-state index in [4.69, 9.17) is 4.74 Å². The molecule has 1 heterocycles. The minimum Gasteiger partial charge on any atom is -0.461 e. The Balaban J connectivity index is 1.41. The first-order valence-electron chi connectivity index (χ1n) is 15.1. The highest BCUT2D eigenvalue weighted by atomic mass is 32.2. The number of nitrogens with zero attached hydrogens (tertiary/aromatic N) is 2. The highest BCUT2D eigenvalue weighted by Gasteiger charge is 2.33. The Morgan fingerprint density at radius 1 is 1.00 bits per heavy atom. The molecule has 0 aromatic heterocycles. The summed E-state index contributed by atoms with van der Waals surface area (Å²) in [6.07, 6.45) is 4.49. The summed E-state index contributed by atoms with van der Waals surface area (Å²) < 4.78 is 33.8. The van der Waals surface area contributed by atoms with Crippen LogP contribution in [-0.2, 0) is 26.2 Å². The summed E-state index contributed by atoms with van der Waals surface area (Å²) in [5.74, 6) is -0.244. The number of benzene rings is 3. The molecule has 1 fully saturated rings. The van der Waals surface area contributed by atoms with Crippen LogP contribution in [0.25, 0.3) is 0 Å². The van der Waals surface area contributed by atoms with Gasteiger partial charge in [-0.15, -0.1) is 0 Å². The van der Waals surface area contributed by atoms with E-state index in [9.17, 15) is 13.2 Å². The van der Waals surface area contributed by atoms with E-state index in [0.29, 0.717) is 24.5 Å². The summed E-state index contributed by atoms with van der Waals surface area (Å²) in [6.45, 7) is 5.34. The Morgan fingerprint density at radius 3 is 2.31 bits per heavy atom. The molecule has 42 heavy (non-hydrogen) atoms. The molecule has 1 aliphatic rings. The van der Waals surface area contributed by atoms with Crippen LogP contribution >= 0.6 is 0 Å². The molecule has 226 valence electrons. The zero-order valence-electron chi connectivity index (χ0n) is 24.9. The number of hydrogen-bond acceptors (Lipinski definition) is 6. The van der Waals surface area contributed by atoms with Crippen molar-refractivity contribution in [3.05, 3.63) is 102 Å². The summed E-state index contributed by atoms with van der Waals surface area (Å²) >= 11 is 0. The molecule has 8 heteroatoms. The molecule has 1 saturated heterocycles. The summed E-state index contributed by atoms with van der Waals surface area (Å²) in [4.78, 5) is 15.7. The van der Waals surface area contributed by atoms with Gasteiger partial charge in [0.05, 0.1) is 17.0 Å². The third-order valence-electron chi connectivity index (χ3n) is 8.15. The molecule has 0 spiro atoms. The lowest BCUT2D eigenvalue weighted by atomic mass is 9.92. The van der Waals surface area contributed by atoms with Gasteiger partial charge in [-0.1, -0.05) is 92.2 Å². The van der Waals surface area contributed by atoms with Gasteiger partial charge in [0.25, 0.3) is 0 Å². The molecule has 0 bridgehead atoms. The van der Waals surface area contributed by atoms with Gasteiger partial charge in [-0.25, -0.2) is 12.7 Å². The Bertz CT molecular complexity index is 1320. The molecular weight excluding hydrogens is 546 g/mol. The molecule has 3 atom stereocenters. The van der Waals surface area contributed by atoms with E-state index in [1.165, 1.54) is 4.31 Å². The van der Waals surface area contributed by atoms with E-state index in [-0.39, 0.29) is 24.0 Å². The highest BCUT2D eigenvalue weighted by Crippen LogP contribution is 2.28. The van der Waals surface area contributed by atoms with Crippen molar-refractivity contribution in [1.82, 2.24) is 14.5 Å². The molecule has 0 radical (unpaired) electrons. The third kappa shape index (κ3) is 8.98. The molecule has 1 N–H and O–H groups in total. The second-order valence-electron chi connectivity index (χ2n) is 11.2. The maximum atomic E-state index is 13.3. The van der Waals surface area contributed by atoms with Gasteiger partial charge in [0.15, 0.2) is 0 Å². The van der Waals surface area contributed by atoms with Crippen LogP contribution < -0.4 is 5.32 Å². The Kier molecular flexibility index (Phi) is 12.1. The van der Waals surface area contributed by atoms with E-state index in [1.807, 2.05) is 54.6 Å². The molecule has 3 aromatic rings. The summed E-state index contributed by atoms with van der Waals surface area (Å²) in [5, 5.41) is 3.69. The van der Waals surface area contributed by atoms with Gasteiger partial charge < -0.3 is 10.1 Å². The van der Waals surface area contributed by atoms with Crippen LogP contribution in [0.4, 0.5) is 0 Å². The average molecular weight is 592 g/mol. The third-order valence-corrected chi connectivity index (χ3v) is 9.98. The van der Waals surface area contributed by atoms with Crippen molar-refractivity contribution >= 4 is 16.0 Å². The Labute approximate surface area is 251 Å². The summed E-state index contributed by atoms with van der Waals surface area (Å²) in [5.41, 5.74) is 2.12. The number of likely N-dealkylation sites (N-methyl/N-ethyl adjacent to an activating group) is 1. The van der Waals surface area contributed by atoms with Crippen molar-refractivity contribution in [1.29, 1.82) is 0 Å². The maximum Gasteiger partial charge on any atom is 0.309 e. The quantitative estimate of drug-likeness (QED) is 0.182. The largest absolute Gasteiger partial charge is 0.461 e. The first kappa shape index (κ1) is 31.9. The minimum atomic E-state index is -3.60. The van der Waals surface area contributed by atoms with E-state index in [2.05, 4.69) is 29.3 Å². The monoisotopic (exact) mass is 591 g/mol. The Morgan fingerprint density at radius 2 is 1.64 bits per heavy atom. The number of hydrogen-bond donors (Lipinski definition) is 1. The zero-order chi connectivity index (χ0) is 29.8. The Hall–Kier alpha value is -3.04. The molecule has 3 aromatic carbocycles. The van der Waals surface area contributed by atoms with E-state index in [0.717, 1.165) is 56.4 Å². The van der Waals surface area contributed by atoms with Gasteiger partial charge in [0.1, 0.15) is 6.61 Å². The lowest BCUT2D eigenvalue weighted by Crippen LogP contribution is -2.52. The van der Waals surface area contributed by atoms with Crippen LogP contribution in [0.3, 0.4) is 0 Å². The normalized spacial score (nSPS) is 18.5.